The zero-order valence-electron chi connectivity index (χ0n) is 18.1. The molecule has 0 saturated carbocycles. The minimum absolute atomic E-state index is 0.00884. The quantitative estimate of drug-likeness (QED) is 0.588. The van der Waals surface area contributed by atoms with Crippen molar-refractivity contribution in [2.45, 2.75) is 11.3 Å². The van der Waals surface area contributed by atoms with E-state index in [-0.39, 0.29) is 29.7 Å². The minimum atomic E-state index is -1.04. The Kier molecular flexibility index (Phi) is 7.28. The van der Waals surface area contributed by atoms with Gasteiger partial charge in [-0.15, -0.1) is 0 Å². The molecule has 2 aromatic carbocycles. The number of thioether (sulfide) groups is 1. The Morgan fingerprint density at radius 1 is 1.30 bits per heavy atom. The first kappa shape index (κ1) is 23.6. The first-order valence-corrected chi connectivity index (χ1v) is 11.4. The molecule has 33 heavy (non-hydrogen) atoms. The second kappa shape index (κ2) is 10.2. The van der Waals surface area contributed by atoms with Gasteiger partial charge in [0, 0.05) is 24.2 Å². The molecular formula is C23H25F2N3O4S. The summed E-state index contributed by atoms with van der Waals surface area (Å²) in [6.45, 7) is 0.977. The Morgan fingerprint density at radius 3 is 2.91 bits per heavy atom. The van der Waals surface area contributed by atoms with Gasteiger partial charge in [0.15, 0.2) is 4.87 Å². The molecule has 0 saturated heterocycles. The molecule has 2 N–H and O–H groups in total. The van der Waals surface area contributed by atoms with Crippen molar-refractivity contribution in [3.05, 3.63) is 65.2 Å². The molecule has 1 spiro atoms. The van der Waals surface area contributed by atoms with Gasteiger partial charge < -0.3 is 19.9 Å². The van der Waals surface area contributed by atoms with Gasteiger partial charge in [0.1, 0.15) is 29.0 Å². The van der Waals surface area contributed by atoms with Crippen molar-refractivity contribution in [1.29, 1.82) is 0 Å². The smallest absolute Gasteiger partial charge is 0.270 e. The van der Waals surface area contributed by atoms with Crippen LogP contribution >= 0.6 is 11.8 Å². The number of hydrazone groups is 1. The van der Waals surface area contributed by atoms with E-state index in [4.69, 9.17) is 19.9 Å². The molecule has 176 valence electrons. The molecule has 0 unspecified atom stereocenters. The van der Waals surface area contributed by atoms with Crippen molar-refractivity contribution in [2.24, 2.45) is 16.8 Å². The lowest BCUT2D eigenvalue weighted by Crippen LogP contribution is -2.52. The van der Waals surface area contributed by atoms with Gasteiger partial charge in [0.25, 0.3) is 5.91 Å². The molecule has 0 radical (unpaired) electrons. The average molecular weight is 478 g/mol. The van der Waals surface area contributed by atoms with Gasteiger partial charge in [0.2, 0.25) is 0 Å². The van der Waals surface area contributed by atoms with Gasteiger partial charge in [-0.3, -0.25) is 4.79 Å². The third-order valence-corrected chi connectivity index (χ3v) is 7.12. The Bertz CT molecular complexity index is 1050. The van der Waals surface area contributed by atoms with E-state index in [1.54, 1.807) is 0 Å². The minimum Gasteiger partial charge on any atom is -0.493 e. The van der Waals surface area contributed by atoms with Gasteiger partial charge in [-0.25, -0.2) is 13.8 Å². The maximum atomic E-state index is 14.7. The van der Waals surface area contributed by atoms with Gasteiger partial charge in [0.05, 0.1) is 19.8 Å². The summed E-state index contributed by atoms with van der Waals surface area (Å²) in [7, 11) is 1.54. The number of hydrogen-bond acceptors (Lipinski definition) is 7. The summed E-state index contributed by atoms with van der Waals surface area (Å²) < 4.78 is 45.1. The SMILES string of the molecule is COCCOCC(=O)N1N=C(c2cc(F)ccc2F)S[C@@]12c1ccccc1OC[C@H]2CCN. The number of benzene rings is 2. The molecule has 0 bridgehead atoms. The van der Waals surface area contributed by atoms with Crippen LogP contribution in [-0.4, -0.2) is 56.0 Å². The number of ether oxygens (including phenoxy) is 3. The standard InChI is InChI=1S/C23H25F2N3O4S/c1-30-10-11-31-14-21(29)28-23(33-22(27-28)17-12-16(24)6-7-19(17)25)15(8-9-26)13-32-20-5-3-2-4-18(20)23/h2-7,12,15H,8-11,13-14,26H2,1H3/t15-,23+/m1/s1. The summed E-state index contributed by atoms with van der Waals surface area (Å²) in [5.74, 6) is -1.28. The number of fused-ring (bicyclic) bond motifs is 2. The largest absolute Gasteiger partial charge is 0.493 e. The van der Waals surface area contributed by atoms with Gasteiger partial charge in [-0.2, -0.15) is 5.10 Å². The molecule has 2 heterocycles. The monoisotopic (exact) mass is 477 g/mol. The predicted molar refractivity (Wildman–Crippen MR) is 121 cm³/mol. The van der Waals surface area contributed by atoms with Crippen LogP contribution in [0.1, 0.15) is 17.5 Å². The van der Waals surface area contributed by atoms with E-state index in [9.17, 15) is 13.6 Å². The highest BCUT2D eigenvalue weighted by Crippen LogP contribution is 2.57. The molecule has 4 rings (SSSR count). The second-order valence-corrected chi connectivity index (χ2v) is 8.87. The molecule has 0 aliphatic carbocycles. The molecule has 1 amide bonds. The third-order valence-electron chi connectivity index (χ3n) is 5.59. The first-order valence-electron chi connectivity index (χ1n) is 10.6. The Labute approximate surface area is 194 Å². The maximum absolute atomic E-state index is 14.7. The van der Waals surface area contributed by atoms with Crippen LogP contribution in [0.15, 0.2) is 47.6 Å². The van der Waals surface area contributed by atoms with Crippen LogP contribution in [0.4, 0.5) is 8.78 Å². The fraction of sp³-hybridized carbons (Fsp3) is 0.391. The molecular weight excluding hydrogens is 452 g/mol. The molecule has 0 fully saturated rings. The van der Waals surface area contributed by atoms with Crippen molar-refractivity contribution in [3.63, 3.8) is 0 Å². The third kappa shape index (κ3) is 4.48. The summed E-state index contributed by atoms with van der Waals surface area (Å²) in [6.07, 6.45) is 0.532. The highest BCUT2D eigenvalue weighted by molar-refractivity contribution is 8.15. The molecule has 0 aromatic heterocycles. The highest BCUT2D eigenvalue weighted by atomic mass is 32.2. The van der Waals surface area contributed by atoms with Gasteiger partial charge in [-0.05, 0) is 37.2 Å². The van der Waals surface area contributed by atoms with E-state index in [0.717, 1.165) is 23.8 Å². The highest BCUT2D eigenvalue weighted by Gasteiger charge is 2.57. The Hall–Kier alpha value is -2.53. The number of rotatable bonds is 8. The number of hydrogen-bond donors (Lipinski definition) is 1. The Morgan fingerprint density at radius 2 is 2.12 bits per heavy atom. The number of carbonyl (C=O) groups is 1. The van der Waals surface area contributed by atoms with Crippen molar-refractivity contribution in [3.8, 4) is 5.75 Å². The van der Waals surface area contributed by atoms with E-state index < -0.39 is 22.4 Å². The summed E-state index contributed by atoms with van der Waals surface area (Å²) in [6, 6.07) is 10.5. The van der Waals surface area contributed by atoms with Crippen LogP contribution in [0.3, 0.4) is 0 Å². The van der Waals surface area contributed by atoms with E-state index in [1.807, 2.05) is 24.3 Å². The molecule has 7 nitrogen and oxygen atoms in total. The summed E-state index contributed by atoms with van der Waals surface area (Å²) >= 11 is 1.21. The van der Waals surface area contributed by atoms with Crippen LogP contribution < -0.4 is 10.5 Å². The van der Waals surface area contributed by atoms with E-state index in [1.165, 1.54) is 23.9 Å². The van der Waals surface area contributed by atoms with Crippen LogP contribution in [0.5, 0.6) is 5.75 Å². The molecule has 2 atom stereocenters. The topological polar surface area (TPSA) is 86.4 Å². The van der Waals surface area contributed by atoms with Crippen molar-refractivity contribution >= 4 is 22.7 Å². The molecule has 2 aliphatic rings. The fourth-order valence-electron chi connectivity index (χ4n) is 4.07. The normalized spacial score (nSPS) is 21.6. The Balaban J connectivity index is 1.80. The second-order valence-electron chi connectivity index (χ2n) is 7.66. The van der Waals surface area contributed by atoms with Crippen molar-refractivity contribution in [1.82, 2.24) is 5.01 Å². The van der Waals surface area contributed by atoms with Gasteiger partial charge >= 0.3 is 0 Å². The first-order chi connectivity index (χ1) is 16.0. The molecule has 2 aromatic rings. The van der Waals surface area contributed by atoms with E-state index in [0.29, 0.717) is 31.9 Å². The number of nitrogens with zero attached hydrogens (tertiary/aromatic N) is 2. The number of methoxy groups -OCH3 is 1. The van der Waals surface area contributed by atoms with Crippen LogP contribution in [0.25, 0.3) is 0 Å². The van der Waals surface area contributed by atoms with Crippen LogP contribution in [-0.2, 0) is 19.1 Å². The summed E-state index contributed by atoms with van der Waals surface area (Å²) in [4.78, 5) is 12.3. The van der Waals surface area contributed by atoms with Crippen LogP contribution in [0, 0.1) is 17.6 Å². The lowest BCUT2D eigenvalue weighted by atomic mass is 9.86. The predicted octanol–water partition coefficient (Wildman–Crippen LogP) is 3.08. The van der Waals surface area contributed by atoms with E-state index >= 15 is 0 Å². The molecule has 2 aliphatic heterocycles. The zero-order valence-corrected chi connectivity index (χ0v) is 18.9. The zero-order chi connectivity index (χ0) is 23.4. The molecule has 10 heteroatoms. The number of nitrogens with two attached hydrogens (primary N) is 1. The number of para-hydroxylation sites is 1. The summed E-state index contributed by atoms with van der Waals surface area (Å²) in [5.41, 5.74) is 6.62. The lowest BCUT2D eigenvalue weighted by molar-refractivity contribution is -0.142. The lowest BCUT2D eigenvalue weighted by Gasteiger charge is -2.45. The number of amides is 1. The van der Waals surface area contributed by atoms with Gasteiger partial charge in [-0.1, -0.05) is 30.0 Å². The number of carbonyl (C=O) groups excluding carboxylic acids is 1. The summed E-state index contributed by atoms with van der Waals surface area (Å²) in [5, 5.41) is 6.06. The van der Waals surface area contributed by atoms with Crippen LogP contribution in [0.2, 0.25) is 0 Å². The fourth-order valence-corrected chi connectivity index (χ4v) is 5.61. The van der Waals surface area contributed by atoms with Crippen molar-refractivity contribution < 1.29 is 27.8 Å². The van der Waals surface area contributed by atoms with Crippen molar-refractivity contribution in [2.75, 3.05) is 40.1 Å². The van der Waals surface area contributed by atoms with E-state index in [2.05, 4.69) is 5.10 Å². The maximum Gasteiger partial charge on any atom is 0.270 e. The number of halogens is 2. The average Bonchev–Trinajstić information content (AvgIpc) is 3.21.